The van der Waals surface area contributed by atoms with Crippen molar-refractivity contribution in [3.63, 3.8) is 0 Å². The molecule has 21 heavy (non-hydrogen) atoms. The lowest BCUT2D eigenvalue weighted by Gasteiger charge is -2.11. The number of anilines is 2. The van der Waals surface area contributed by atoms with Gasteiger partial charge in [0.2, 0.25) is 0 Å². The van der Waals surface area contributed by atoms with E-state index in [1.165, 1.54) is 11.1 Å². The highest BCUT2D eigenvalue weighted by atomic mass is 15.0. The molecule has 0 aliphatic heterocycles. The summed E-state index contributed by atoms with van der Waals surface area (Å²) in [6.07, 6.45) is 6.47. The van der Waals surface area contributed by atoms with E-state index in [2.05, 4.69) is 60.8 Å². The third-order valence-corrected chi connectivity index (χ3v) is 3.34. The summed E-state index contributed by atoms with van der Waals surface area (Å²) in [6, 6.07) is 8.20. The number of aromatic nitrogens is 2. The molecule has 0 fully saturated rings. The quantitative estimate of drug-likeness (QED) is 0.838. The summed E-state index contributed by atoms with van der Waals surface area (Å²) in [4.78, 5) is 8.70. The number of nitrogens with zero attached hydrogens (tertiary/aromatic N) is 2. The molecule has 2 rings (SSSR count). The van der Waals surface area contributed by atoms with E-state index in [4.69, 9.17) is 0 Å². The lowest BCUT2D eigenvalue weighted by atomic mass is 10.1. The molecular weight excluding hydrogens is 258 g/mol. The van der Waals surface area contributed by atoms with E-state index < -0.39 is 0 Å². The maximum atomic E-state index is 4.36. The van der Waals surface area contributed by atoms with Gasteiger partial charge in [-0.25, -0.2) is 9.97 Å². The van der Waals surface area contributed by atoms with Crippen molar-refractivity contribution >= 4 is 23.7 Å². The van der Waals surface area contributed by atoms with Gasteiger partial charge in [0.05, 0.1) is 5.69 Å². The van der Waals surface area contributed by atoms with Crippen molar-refractivity contribution in [1.82, 2.24) is 9.97 Å². The Morgan fingerprint density at radius 3 is 2.81 bits per heavy atom. The van der Waals surface area contributed by atoms with Crippen LogP contribution >= 0.6 is 0 Å². The van der Waals surface area contributed by atoms with E-state index in [1.54, 1.807) is 12.4 Å². The fraction of sp³-hybridized carbons (Fsp3) is 0.222. The summed E-state index contributed by atoms with van der Waals surface area (Å²) in [5.74, 6) is 0.778. The maximum Gasteiger partial charge on any atom is 0.141 e. The van der Waals surface area contributed by atoms with Gasteiger partial charge in [0.1, 0.15) is 12.1 Å². The minimum Gasteiger partial charge on any atom is -0.340 e. The number of nitrogens with one attached hydrogen (secondary N) is 1. The van der Waals surface area contributed by atoms with Crippen LogP contribution in [0.25, 0.3) is 12.2 Å². The van der Waals surface area contributed by atoms with Gasteiger partial charge < -0.3 is 5.32 Å². The smallest absolute Gasteiger partial charge is 0.141 e. The molecule has 1 N–H and O–H groups in total. The van der Waals surface area contributed by atoms with Gasteiger partial charge in [-0.2, -0.15) is 0 Å². The largest absolute Gasteiger partial charge is 0.340 e. The second kappa shape index (κ2) is 6.84. The highest BCUT2D eigenvalue weighted by Gasteiger charge is 2.07. The molecule has 1 aromatic heterocycles. The second-order valence-corrected chi connectivity index (χ2v) is 5.06. The van der Waals surface area contributed by atoms with Crippen LogP contribution < -0.4 is 5.32 Å². The molecule has 3 nitrogen and oxygen atoms in total. The molecule has 0 saturated heterocycles. The molecule has 0 unspecified atom stereocenters. The fourth-order valence-electron chi connectivity index (χ4n) is 2.02. The number of hydrogen-bond donors (Lipinski definition) is 1. The molecule has 0 amide bonds. The average Bonchev–Trinajstić information content (AvgIpc) is 2.47. The van der Waals surface area contributed by atoms with Crippen LogP contribution in [0.4, 0.5) is 11.5 Å². The van der Waals surface area contributed by atoms with E-state index in [0.29, 0.717) is 0 Å². The summed E-state index contributed by atoms with van der Waals surface area (Å²) in [5, 5.41) is 3.34. The number of hydrogen-bond acceptors (Lipinski definition) is 3. The first-order chi connectivity index (χ1) is 10.1. The van der Waals surface area contributed by atoms with Gasteiger partial charge in [-0.15, -0.1) is 0 Å². The Balaban J connectivity index is 2.40. The third-order valence-electron chi connectivity index (χ3n) is 3.34. The van der Waals surface area contributed by atoms with E-state index in [0.717, 1.165) is 29.2 Å². The minimum atomic E-state index is 0.778. The molecule has 108 valence electrons. The van der Waals surface area contributed by atoms with Crippen molar-refractivity contribution in [2.75, 3.05) is 5.32 Å². The first-order valence-electron chi connectivity index (χ1n) is 7.12. The maximum absolute atomic E-state index is 4.36. The van der Waals surface area contributed by atoms with Crippen LogP contribution in [0.15, 0.2) is 42.7 Å². The SMILES string of the molecule is C=Cc1c(/C=C(/C)CC)ncnc1Nc1cccc(C)c1. The molecular formula is C18H21N3. The van der Waals surface area contributed by atoms with Gasteiger partial charge in [-0.3, -0.25) is 0 Å². The normalized spacial score (nSPS) is 11.3. The Hall–Kier alpha value is -2.42. The van der Waals surface area contributed by atoms with Crippen LogP contribution in [-0.4, -0.2) is 9.97 Å². The van der Waals surface area contributed by atoms with Crippen molar-refractivity contribution in [2.24, 2.45) is 0 Å². The molecule has 0 atom stereocenters. The Labute approximate surface area is 126 Å². The molecule has 1 aromatic carbocycles. The predicted octanol–water partition coefficient (Wildman–Crippen LogP) is 4.98. The molecule has 0 spiro atoms. The zero-order chi connectivity index (χ0) is 15.2. The van der Waals surface area contributed by atoms with Gasteiger partial charge >= 0.3 is 0 Å². The zero-order valence-corrected chi connectivity index (χ0v) is 12.9. The Kier molecular flexibility index (Phi) is 4.88. The Morgan fingerprint density at radius 1 is 1.33 bits per heavy atom. The molecule has 2 aromatic rings. The van der Waals surface area contributed by atoms with Gasteiger partial charge in [0, 0.05) is 11.3 Å². The van der Waals surface area contributed by atoms with Crippen LogP contribution in [0.1, 0.15) is 37.1 Å². The number of allylic oxidation sites excluding steroid dienone is 1. The predicted molar refractivity (Wildman–Crippen MR) is 90.5 cm³/mol. The monoisotopic (exact) mass is 279 g/mol. The van der Waals surface area contributed by atoms with E-state index >= 15 is 0 Å². The highest BCUT2D eigenvalue weighted by molar-refractivity contribution is 5.74. The van der Waals surface area contributed by atoms with Crippen molar-refractivity contribution in [3.05, 3.63) is 59.6 Å². The van der Waals surface area contributed by atoms with E-state index in [9.17, 15) is 0 Å². The molecule has 0 radical (unpaired) electrons. The third kappa shape index (κ3) is 3.78. The summed E-state index contributed by atoms with van der Waals surface area (Å²) in [5.41, 5.74) is 5.31. The number of rotatable bonds is 5. The van der Waals surface area contributed by atoms with Crippen molar-refractivity contribution in [2.45, 2.75) is 27.2 Å². The van der Waals surface area contributed by atoms with Crippen LogP contribution in [0.3, 0.4) is 0 Å². The minimum absolute atomic E-state index is 0.778. The van der Waals surface area contributed by atoms with Gasteiger partial charge in [-0.1, -0.05) is 37.3 Å². The Morgan fingerprint density at radius 2 is 2.14 bits per heavy atom. The van der Waals surface area contributed by atoms with Gasteiger partial charge in [-0.05, 0) is 44.0 Å². The van der Waals surface area contributed by atoms with Gasteiger partial charge in [0.25, 0.3) is 0 Å². The Bertz CT molecular complexity index is 672. The molecule has 0 bridgehead atoms. The lowest BCUT2D eigenvalue weighted by Crippen LogP contribution is -2.00. The highest BCUT2D eigenvalue weighted by Crippen LogP contribution is 2.23. The van der Waals surface area contributed by atoms with Gasteiger partial charge in [0.15, 0.2) is 0 Å². The van der Waals surface area contributed by atoms with Crippen molar-refractivity contribution in [1.29, 1.82) is 0 Å². The molecule has 0 aliphatic rings. The summed E-state index contributed by atoms with van der Waals surface area (Å²) in [7, 11) is 0. The van der Waals surface area contributed by atoms with Crippen LogP contribution in [0, 0.1) is 6.92 Å². The average molecular weight is 279 g/mol. The topological polar surface area (TPSA) is 37.8 Å². The van der Waals surface area contributed by atoms with E-state index in [1.807, 2.05) is 12.1 Å². The molecule has 0 aliphatic carbocycles. The van der Waals surface area contributed by atoms with Crippen LogP contribution in [0.2, 0.25) is 0 Å². The van der Waals surface area contributed by atoms with Crippen molar-refractivity contribution in [3.8, 4) is 0 Å². The summed E-state index contributed by atoms with van der Waals surface area (Å²) in [6.45, 7) is 10.2. The van der Waals surface area contributed by atoms with E-state index in [-0.39, 0.29) is 0 Å². The van der Waals surface area contributed by atoms with Crippen molar-refractivity contribution < 1.29 is 0 Å². The number of aryl methyl sites for hydroxylation is 1. The van der Waals surface area contributed by atoms with Crippen LogP contribution in [-0.2, 0) is 0 Å². The zero-order valence-electron chi connectivity index (χ0n) is 12.9. The second-order valence-electron chi connectivity index (χ2n) is 5.06. The summed E-state index contributed by atoms with van der Waals surface area (Å²) >= 11 is 0. The molecule has 0 saturated carbocycles. The molecule has 1 heterocycles. The number of benzene rings is 1. The lowest BCUT2D eigenvalue weighted by molar-refractivity contribution is 1.10. The fourth-order valence-corrected chi connectivity index (χ4v) is 2.02. The summed E-state index contributed by atoms with van der Waals surface area (Å²) < 4.78 is 0. The first kappa shape index (κ1) is 15.0. The van der Waals surface area contributed by atoms with Crippen LogP contribution in [0.5, 0.6) is 0 Å². The standard InChI is InChI=1S/C18H21N3/c1-5-13(3)11-17-16(6-2)18(20-12-19-17)21-15-9-7-8-14(4)10-15/h6-12H,2,5H2,1,3-4H3,(H,19,20,21)/b13-11-. The first-order valence-corrected chi connectivity index (χ1v) is 7.12. The molecule has 3 heteroatoms.